The average molecular weight is 343 g/mol. The van der Waals surface area contributed by atoms with E-state index in [1.807, 2.05) is 22.9 Å². The summed E-state index contributed by atoms with van der Waals surface area (Å²) in [6.45, 7) is 0.435. The smallest absolute Gasteiger partial charge is 0.205 e. The molecule has 0 amide bonds. The molecule has 1 aromatic carbocycles. The maximum Gasteiger partial charge on any atom is 0.205 e. The van der Waals surface area contributed by atoms with E-state index < -0.39 is 0 Å². The molecule has 0 aliphatic rings. The third kappa shape index (κ3) is 3.03. The molecule has 8 heteroatoms. The second-order valence-electron chi connectivity index (χ2n) is 4.78. The van der Waals surface area contributed by atoms with Crippen molar-refractivity contribution < 1.29 is 4.39 Å². The normalized spacial score (nSPS) is 11.0. The fourth-order valence-corrected chi connectivity index (χ4v) is 3.72. The van der Waals surface area contributed by atoms with E-state index in [4.69, 9.17) is 0 Å². The van der Waals surface area contributed by atoms with Crippen molar-refractivity contribution in [2.45, 2.75) is 6.54 Å². The highest BCUT2D eigenvalue weighted by Gasteiger charge is 2.10. The molecule has 114 valence electrons. The van der Waals surface area contributed by atoms with Crippen LogP contribution in [0.5, 0.6) is 0 Å². The van der Waals surface area contributed by atoms with Gasteiger partial charge in [0.2, 0.25) is 5.82 Å². The molecule has 3 aromatic heterocycles. The molecule has 0 aliphatic carbocycles. The Hall–Kier alpha value is -2.45. The number of nitrogens with zero attached hydrogens (tertiary/aromatic N) is 5. The van der Waals surface area contributed by atoms with Crippen LogP contribution in [0.25, 0.3) is 21.3 Å². The standard InChI is InChI=1S/C15H10FN5S2/c16-11-4-1-3-10(7-11)14-18-20-21(19-14)8-12-9-23-15(17-12)13-5-2-6-22-13/h1-7,9H,8H2. The third-order valence-corrected chi connectivity index (χ3v) is 5.05. The molecule has 0 atom stereocenters. The van der Waals surface area contributed by atoms with Crippen LogP contribution < -0.4 is 0 Å². The van der Waals surface area contributed by atoms with Crippen LogP contribution in [0, 0.1) is 5.82 Å². The molecule has 0 saturated carbocycles. The first-order chi connectivity index (χ1) is 11.3. The number of aromatic nitrogens is 5. The van der Waals surface area contributed by atoms with Crippen LogP contribution in [-0.2, 0) is 6.54 Å². The summed E-state index contributed by atoms with van der Waals surface area (Å²) in [4.78, 5) is 7.20. The molecule has 0 fully saturated rings. The molecular weight excluding hydrogens is 333 g/mol. The fourth-order valence-electron chi connectivity index (χ4n) is 2.09. The van der Waals surface area contributed by atoms with Crippen molar-refractivity contribution in [3.05, 3.63) is 58.7 Å². The molecule has 0 unspecified atom stereocenters. The maximum absolute atomic E-state index is 13.3. The van der Waals surface area contributed by atoms with Crippen molar-refractivity contribution >= 4 is 22.7 Å². The summed E-state index contributed by atoms with van der Waals surface area (Å²) in [6.07, 6.45) is 0. The van der Waals surface area contributed by atoms with Crippen LogP contribution >= 0.6 is 22.7 Å². The molecule has 5 nitrogen and oxygen atoms in total. The zero-order valence-electron chi connectivity index (χ0n) is 11.8. The number of thiazole rings is 1. The second-order valence-corrected chi connectivity index (χ2v) is 6.58. The highest BCUT2D eigenvalue weighted by Crippen LogP contribution is 2.27. The lowest BCUT2D eigenvalue weighted by atomic mass is 10.2. The van der Waals surface area contributed by atoms with E-state index >= 15 is 0 Å². The largest absolute Gasteiger partial charge is 0.238 e. The Balaban J connectivity index is 1.54. The molecule has 3 heterocycles. The van der Waals surface area contributed by atoms with Gasteiger partial charge in [-0.1, -0.05) is 18.2 Å². The number of halogens is 1. The maximum atomic E-state index is 13.3. The molecule has 0 saturated heterocycles. The fraction of sp³-hybridized carbons (Fsp3) is 0.0667. The van der Waals surface area contributed by atoms with Crippen LogP contribution in [0.15, 0.2) is 47.2 Å². The van der Waals surface area contributed by atoms with Gasteiger partial charge in [-0.15, -0.1) is 32.9 Å². The summed E-state index contributed by atoms with van der Waals surface area (Å²) >= 11 is 3.25. The summed E-state index contributed by atoms with van der Waals surface area (Å²) in [6, 6.07) is 10.2. The summed E-state index contributed by atoms with van der Waals surface area (Å²) in [5.41, 5.74) is 1.48. The van der Waals surface area contributed by atoms with Gasteiger partial charge in [0.1, 0.15) is 17.4 Å². The molecule has 0 aliphatic heterocycles. The van der Waals surface area contributed by atoms with E-state index in [0.29, 0.717) is 17.9 Å². The second kappa shape index (κ2) is 5.98. The first-order valence-electron chi connectivity index (χ1n) is 6.80. The quantitative estimate of drug-likeness (QED) is 0.567. The lowest BCUT2D eigenvalue weighted by Gasteiger charge is -1.95. The van der Waals surface area contributed by atoms with Gasteiger partial charge in [0.15, 0.2) is 0 Å². The molecule has 0 spiro atoms. The predicted octanol–water partition coefficient (Wildman–Crippen LogP) is 3.71. The zero-order valence-corrected chi connectivity index (χ0v) is 13.4. The van der Waals surface area contributed by atoms with Crippen molar-refractivity contribution in [1.29, 1.82) is 0 Å². The van der Waals surface area contributed by atoms with Crippen LogP contribution in [0.4, 0.5) is 4.39 Å². The number of hydrogen-bond acceptors (Lipinski definition) is 6. The monoisotopic (exact) mass is 343 g/mol. The minimum Gasteiger partial charge on any atom is -0.238 e. The Morgan fingerprint density at radius 1 is 1.13 bits per heavy atom. The molecule has 23 heavy (non-hydrogen) atoms. The Morgan fingerprint density at radius 3 is 2.91 bits per heavy atom. The lowest BCUT2D eigenvalue weighted by molar-refractivity contribution is 0.566. The summed E-state index contributed by atoms with van der Waals surface area (Å²) in [7, 11) is 0. The van der Waals surface area contributed by atoms with E-state index in [1.165, 1.54) is 16.9 Å². The zero-order chi connectivity index (χ0) is 15.6. The summed E-state index contributed by atoms with van der Waals surface area (Å²) in [5, 5.41) is 17.3. The summed E-state index contributed by atoms with van der Waals surface area (Å²) in [5.74, 6) is 0.0807. The number of rotatable bonds is 4. The molecule has 4 rings (SSSR count). The van der Waals surface area contributed by atoms with Gasteiger partial charge in [-0.2, -0.15) is 4.80 Å². The van der Waals surface area contributed by atoms with Gasteiger partial charge in [0.05, 0.1) is 10.6 Å². The molecular formula is C15H10FN5S2. The van der Waals surface area contributed by atoms with Gasteiger partial charge in [-0.25, -0.2) is 9.37 Å². The van der Waals surface area contributed by atoms with E-state index in [9.17, 15) is 4.39 Å². The minimum atomic E-state index is -0.320. The van der Waals surface area contributed by atoms with Crippen molar-refractivity contribution in [3.8, 4) is 21.3 Å². The van der Waals surface area contributed by atoms with Crippen molar-refractivity contribution in [2.75, 3.05) is 0 Å². The van der Waals surface area contributed by atoms with E-state index in [0.717, 1.165) is 15.6 Å². The molecule has 0 N–H and O–H groups in total. The van der Waals surface area contributed by atoms with Crippen LogP contribution in [-0.4, -0.2) is 25.2 Å². The number of hydrogen-bond donors (Lipinski definition) is 0. The van der Waals surface area contributed by atoms with Crippen molar-refractivity contribution in [2.24, 2.45) is 0 Å². The van der Waals surface area contributed by atoms with E-state index in [1.54, 1.807) is 34.8 Å². The third-order valence-electron chi connectivity index (χ3n) is 3.12. The number of benzene rings is 1. The highest BCUT2D eigenvalue weighted by atomic mass is 32.1. The first-order valence-corrected chi connectivity index (χ1v) is 8.56. The van der Waals surface area contributed by atoms with E-state index in [-0.39, 0.29) is 5.82 Å². The van der Waals surface area contributed by atoms with Gasteiger partial charge in [0, 0.05) is 10.9 Å². The van der Waals surface area contributed by atoms with Crippen molar-refractivity contribution in [1.82, 2.24) is 25.2 Å². The van der Waals surface area contributed by atoms with Gasteiger partial charge >= 0.3 is 0 Å². The van der Waals surface area contributed by atoms with Gasteiger partial charge in [0.25, 0.3) is 0 Å². The van der Waals surface area contributed by atoms with E-state index in [2.05, 4.69) is 20.4 Å². The van der Waals surface area contributed by atoms with Gasteiger partial charge < -0.3 is 0 Å². The van der Waals surface area contributed by atoms with Gasteiger partial charge in [-0.3, -0.25) is 0 Å². The summed E-state index contributed by atoms with van der Waals surface area (Å²) < 4.78 is 13.3. The van der Waals surface area contributed by atoms with Crippen LogP contribution in [0.2, 0.25) is 0 Å². The number of tetrazole rings is 1. The minimum absolute atomic E-state index is 0.320. The highest BCUT2D eigenvalue weighted by molar-refractivity contribution is 7.20. The van der Waals surface area contributed by atoms with Crippen LogP contribution in [0.1, 0.15) is 5.69 Å². The molecule has 0 bridgehead atoms. The Morgan fingerprint density at radius 2 is 2.09 bits per heavy atom. The Kier molecular flexibility index (Phi) is 3.68. The average Bonchev–Trinajstić information content (AvgIpc) is 3.29. The van der Waals surface area contributed by atoms with Gasteiger partial charge in [-0.05, 0) is 28.8 Å². The molecule has 4 aromatic rings. The van der Waals surface area contributed by atoms with Crippen molar-refractivity contribution in [3.63, 3.8) is 0 Å². The Labute approximate surface area is 139 Å². The lowest BCUT2D eigenvalue weighted by Crippen LogP contribution is -2.04. The topological polar surface area (TPSA) is 56.5 Å². The predicted molar refractivity (Wildman–Crippen MR) is 87.7 cm³/mol. The Bertz CT molecular complexity index is 929. The van der Waals surface area contributed by atoms with Crippen LogP contribution in [0.3, 0.4) is 0 Å². The SMILES string of the molecule is Fc1cccc(-c2nnn(Cc3csc(-c4cccs4)n3)n2)c1. The first kappa shape index (κ1) is 14.2. The number of thiophene rings is 1. The molecule has 0 radical (unpaired) electrons.